The number of thiazole rings is 1. The number of oxime groups is 1. The van der Waals surface area contributed by atoms with Gasteiger partial charge in [0.25, 0.3) is 11.8 Å². The molecule has 0 bridgehead atoms. The molecule has 4 heterocycles. The van der Waals surface area contributed by atoms with Gasteiger partial charge in [0.1, 0.15) is 27.0 Å². The molecule has 10 nitrogen and oxygen atoms in total. The van der Waals surface area contributed by atoms with E-state index in [2.05, 4.69) is 31.6 Å². The number of nitrogens with one attached hydrogen (secondary N) is 1. The molecule has 4 rings (SSSR count). The van der Waals surface area contributed by atoms with Gasteiger partial charge in [0.15, 0.2) is 21.8 Å². The first-order valence-electron chi connectivity index (χ1n) is 8.86. The fourth-order valence-electron chi connectivity index (χ4n) is 2.82. The van der Waals surface area contributed by atoms with Crippen LogP contribution in [0.3, 0.4) is 0 Å². The third-order valence-corrected chi connectivity index (χ3v) is 8.62. The molecular weight excluding hydrogens is 514 g/mol. The maximum absolute atomic E-state index is 12.9. The molecule has 0 radical (unpaired) electrons. The molecule has 2 aliphatic heterocycles. The highest BCUT2D eigenvalue weighted by atomic mass is 35.5. The predicted octanol–water partition coefficient (Wildman–Crippen LogP) is 1.66. The van der Waals surface area contributed by atoms with Crippen molar-refractivity contribution >= 4 is 80.5 Å². The number of amides is 2. The highest BCUT2D eigenvalue weighted by Gasteiger charge is 2.49. The second-order valence-electron chi connectivity index (χ2n) is 6.27. The summed E-state index contributed by atoms with van der Waals surface area (Å²) in [5.41, 5.74) is 8.32. The average molecular weight is 528 g/mol. The van der Waals surface area contributed by atoms with Crippen molar-refractivity contribution in [1.29, 1.82) is 0 Å². The van der Waals surface area contributed by atoms with Gasteiger partial charge in [-0.2, -0.15) is 0 Å². The Bertz CT molecular complexity index is 1130. The van der Waals surface area contributed by atoms with Crippen LogP contribution in [0.15, 0.2) is 26.8 Å². The van der Waals surface area contributed by atoms with Crippen LogP contribution < -0.4 is 11.1 Å². The molecule has 1 fully saturated rings. The van der Waals surface area contributed by atoms with E-state index in [1.807, 2.05) is 6.20 Å². The summed E-state index contributed by atoms with van der Waals surface area (Å²) in [4.78, 5) is 36.2. The number of halogens is 1. The fourth-order valence-corrected chi connectivity index (χ4v) is 6.59. The molecule has 2 amide bonds. The quantitative estimate of drug-likeness (QED) is 0.131. The Morgan fingerprint density at radius 3 is 3.09 bits per heavy atom. The van der Waals surface area contributed by atoms with Gasteiger partial charge in [0, 0.05) is 17.7 Å². The van der Waals surface area contributed by atoms with Gasteiger partial charge in [-0.3, -0.25) is 9.59 Å². The Morgan fingerprint density at radius 1 is 1.56 bits per heavy atom. The van der Waals surface area contributed by atoms with E-state index >= 15 is 0 Å². The molecule has 15 heteroatoms. The zero-order chi connectivity index (χ0) is 22.7. The number of hydrogen-bond acceptors (Lipinski definition) is 12. The maximum atomic E-state index is 12.9. The lowest BCUT2D eigenvalue weighted by Crippen LogP contribution is -2.69. The molecule has 2 aromatic rings. The van der Waals surface area contributed by atoms with Gasteiger partial charge in [-0.15, -0.1) is 28.4 Å². The number of rotatable bonds is 8. The number of carbonyl (C=O) groups excluding carboxylic acids is 2. The van der Waals surface area contributed by atoms with E-state index in [1.54, 1.807) is 33.9 Å². The summed E-state index contributed by atoms with van der Waals surface area (Å²) in [7, 11) is 0. The predicted molar refractivity (Wildman–Crippen MR) is 127 cm³/mol. The van der Waals surface area contributed by atoms with Crippen LogP contribution in [0, 0.1) is 12.3 Å². The van der Waals surface area contributed by atoms with Gasteiger partial charge in [-0.1, -0.05) is 57.1 Å². The number of thioether (sulfide) groups is 2. The fraction of sp³-hybridized carbons (Fsp3) is 0.294. The summed E-state index contributed by atoms with van der Waals surface area (Å²) in [6.45, 7) is -0.148. The van der Waals surface area contributed by atoms with Crippen LogP contribution in [0.1, 0.15) is 5.69 Å². The molecule has 2 aromatic heterocycles. The Kier molecular flexibility index (Phi) is 7.21. The van der Waals surface area contributed by atoms with Crippen molar-refractivity contribution in [2.75, 3.05) is 23.8 Å². The Balaban J connectivity index is 1.42. The van der Waals surface area contributed by atoms with Gasteiger partial charge in [0.2, 0.25) is 0 Å². The summed E-state index contributed by atoms with van der Waals surface area (Å²) in [5, 5.41) is 14.2. The third kappa shape index (κ3) is 4.86. The number of β-lactam (4-membered cyclic amide) rings is 1. The molecule has 1 saturated heterocycles. The van der Waals surface area contributed by atoms with E-state index in [-0.39, 0.29) is 38.8 Å². The number of nitrogens with two attached hydrogens (primary N) is 1. The SMILES string of the molecule is C#CCON=C(C(=O)NC1C(=O)N2C=C(CSc3nncs3)CS[C@@H]12)c1nc(N)sc1Cl. The van der Waals surface area contributed by atoms with Crippen LogP contribution in [0.4, 0.5) is 5.13 Å². The van der Waals surface area contributed by atoms with Gasteiger partial charge < -0.3 is 20.8 Å². The van der Waals surface area contributed by atoms with E-state index < -0.39 is 11.9 Å². The first-order chi connectivity index (χ1) is 15.5. The van der Waals surface area contributed by atoms with Crippen molar-refractivity contribution in [1.82, 2.24) is 25.4 Å². The Morgan fingerprint density at radius 2 is 2.41 bits per heavy atom. The summed E-state index contributed by atoms with van der Waals surface area (Å²) < 4.78 is 1.05. The van der Waals surface area contributed by atoms with Gasteiger partial charge in [-0.25, -0.2) is 4.98 Å². The molecule has 0 aromatic carbocycles. The summed E-state index contributed by atoms with van der Waals surface area (Å²) in [6.07, 6.45) is 6.99. The van der Waals surface area contributed by atoms with Crippen molar-refractivity contribution in [3.05, 3.63) is 27.3 Å². The number of terminal acetylenes is 1. The Labute approximate surface area is 204 Å². The molecule has 2 aliphatic rings. The smallest absolute Gasteiger partial charge is 0.276 e. The molecule has 3 N–H and O–H groups in total. The van der Waals surface area contributed by atoms with E-state index in [9.17, 15) is 9.59 Å². The third-order valence-electron chi connectivity index (χ3n) is 4.19. The van der Waals surface area contributed by atoms with Crippen LogP contribution >= 0.6 is 57.8 Å². The monoisotopic (exact) mass is 527 g/mol. The van der Waals surface area contributed by atoms with Crippen molar-refractivity contribution in [2.24, 2.45) is 5.16 Å². The van der Waals surface area contributed by atoms with Crippen molar-refractivity contribution in [3.8, 4) is 12.3 Å². The standard InChI is InChI=1S/C17H14ClN7O3S4/c1-2-3-28-24-10(9-12(18)32-16(19)22-9)13(26)21-11-14(27)25-4-8(5-29-15(11)25)6-30-17-23-20-7-31-17/h1,4,7,11,15H,3,5-6H2,(H2,19,22)(H,21,26)/t11?,15-/m0/s1. The van der Waals surface area contributed by atoms with Crippen molar-refractivity contribution in [2.45, 2.75) is 15.8 Å². The molecule has 2 atom stereocenters. The van der Waals surface area contributed by atoms with E-state index in [0.717, 1.165) is 27.0 Å². The topological polar surface area (TPSA) is 136 Å². The lowest BCUT2D eigenvalue weighted by molar-refractivity contribution is -0.143. The Hall–Kier alpha value is -2.31. The van der Waals surface area contributed by atoms with E-state index in [1.165, 1.54) is 11.3 Å². The molecule has 32 heavy (non-hydrogen) atoms. The molecule has 0 spiro atoms. The van der Waals surface area contributed by atoms with Crippen LogP contribution in [0.25, 0.3) is 0 Å². The minimum Gasteiger partial charge on any atom is -0.382 e. The van der Waals surface area contributed by atoms with Gasteiger partial charge in [-0.05, 0) is 5.57 Å². The van der Waals surface area contributed by atoms with Gasteiger partial charge >= 0.3 is 0 Å². The minimum absolute atomic E-state index is 0.0690. The zero-order valence-corrected chi connectivity index (χ0v) is 20.1. The number of fused-ring (bicyclic) bond motifs is 1. The number of nitrogen functional groups attached to an aromatic ring is 1. The summed E-state index contributed by atoms with van der Waals surface area (Å²) in [5.74, 6) is 2.81. The number of anilines is 1. The van der Waals surface area contributed by atoms with Crippen LogP contribution in [-0.2, 0) is 14.4 Å². The van der Waals surface area contributed by atoms with E-state index in [0.29, 0.717) is 5.75 Å². The highest BCUT2D eigenvalue weighted by Crippen LogP contribution is 2.37. The van der Waals surface area contributed by atoms with E-state index in [4.69, 9.17) is 28.6 Å². The maximum Gasteiger partial charge on any atom is 0.276 e. The van der Waals surface area contributed by atoms with Crippen molar-refractivity contribution < 1.29 is 14.4 Å². The largest absolute Gasteiger partial charge is 0.382 e. The minimum atomic E-state index is -0.714. The lowest BCUT2D eigenvalue weighted by atomic mass is 10.1. The molecular formula is C17H14ClN7O3S4. The molecule has 0 aliphatic carbocycles. The number of carbonyl (C=O) groups is 2. The first kappa shape index (κ1) is 22.9. The highest BCUT2D eigenvalue weighted by molar-refractivity contribution is 8.01. The number of nitrogens with zero attached hydrogens (tertiary/aromatic N) is 5. The first-order valence-corrected chi connectivity index (χ1v) is 13.0. The number of hydrogen-bond donors (Lipinski definition) is 2. The van der Waals surface area contributed by atoms with Crippen LogP contribution in [0.5, 0.6) is 0 Å². The normalized spacial score (nSPS) is 20.1. The van der Waals surface area contributed by atoms with Gasteiger partial charge in [0.05, 0.1) is 0 Å². The zero-order valence-electron chi connectivity index (χ0n) is 16.1. The van der Waals surface area contributed by atoms with Crippen LogP contribution in [0.2, 0.25) is 4.34 Å². The molecule has 1 unspecified atom stereocenters. The molecule has 166 valence electrons. The molecule has 0 saturated carbocycles. The summed E-state index contributed by atoms with van der Waals surface area (Å²) in [6, 6.07) is -0.714. The van der Waals surface area contributed by atoms with Crippen molar-refractivity contribution in [3.63, 3.8) is 0 Å². The second-order valence-corrected chi connectivity index (χ2v) is 11.1. The summed E-state index contributed by atoms with van der Waals surface area (Å²) >= 11 is 11.7. The lowest BCUT2D eigenvalue weighted by Gasteiger charge is -2.47. The number of aromatic nitrogens is 3. The second kappa shape index (κ2) is 10.1. The van der Waals surface area contributed by atoms with Crippen LogP contribution in [-0.4, -0.2) is 67.1 Å². The average Bonchev–Trinajstić information content (AvgIpc) is 3.42.